The molecule has 0 fully saturated rings. The third-order valence-corrected chi connectivity index (χ3v) is 4.03. The van der Waals surface area contributed by atoms with Gasteiger partial charge in [0.15, 0.2) is 0 Å². The Bertz CT molecular complexity index is 730. The molecule has 0 radical (unpaired) electrons. The molecule has 0 amide bonds. The van der Waals surface area contributed by atoms with Crippen molar-refractivity contribution in [2.45, 2.75) is 5.75 Å². The second-order valence-corrected chi connectivity index (χ2v) is 6.17. The van der Waals surface area contributed by atoms with Crippen LogP contribution in [0.1, 0.15) is 5.56 Å². The van der Waals surface area contributed by atoms with Gasteiger partial charge in [0, 0.05) is 0 Å². The Morgan fingerprint density at radius 1 is 1.19 bits per heavy atom. The van der Waals surface area contributed by atoms with E-state index < -0.39 is 15.8 Å². The van der Waals surface area contributed by atoms with Gasteiger partial charge < -0.3 is 10.5 Å². The van der Waals surface area contributed by atoms with E-state index in [1.165, 1.54) is 37.4 Å². The molecule has 0 aliphatic heterocycles. The molecule has 0 aliphatic carbocycles. The molecule has 3 N–H and O–H groups in total. The van der Waals surface area contributed by atoms with Gasteiger partial charge in [0.25, 0.3) is 0 Å². The molecule has 0 saturated carbocycles. The number of benzene rings is 2. The number of rotatable bonds is 5. The van der Waals surface area contributed by atoms with Crippen LogP contribution in [0.3, 0.4) is 0 Å². The van der Waals surface area contributed by atoms with Crippen LogP contribution in [0.15, 0.2) is 42.5 Å². The van der Waals surface area contributed by atoms with Crippen LogP contribution in [0.4, 0.5) is 15.8 Å². The average molecular weight is 310 g/mol. The van der Waals surface area contributed by atoms with Crippen molar-refractivity contribution in [1.82, 2.24) is 0 Å². The molecule has 5 nitrogen and oxygen atoms in total. The van der Waals surface area contributed by atoms with E-state index in [4.69, 9.17) is 10.5 Å². The molecule has 2 aromatic rings. The van der Waals surface area contributed by atoms with Crippen molar-refractivity contribution < 1.29 is 17.5 Å². The van der Waals surface area contributed by atoms with Crippen molar-refractivity contribution in [3.63, 3.8) is 0 Å². The van der Waals surface area contributed by atoms with Crippen molar-refractivity contribution in [3.8, 4) is 5.75 Å². The van der Waals surface area contributed by atoms with E-state index in [1.54, 1.807) is 12.1 Å². The Labute approximate surface area is 122 Å². The minimum absolute atomic E-state index is 0.251. The van der Waals surface area contributed by atoms with Crippen LogP contribution in [-0.4, -0.2) is 15.5 Å². The smallest absolute Gasteiger partial charge is 0.236 e. The molecule has 2 rings (SSSR count). The predicted octanol–water partition coefficient (Wildman–Crippen LogP) is 2.36. The van der Waals surface area contributed by atoms with Gasteiger partial charge in [-0.05, 0) is 35.9 Å². The summed E-state index contributed by atoms with van der Waals surface area (Å²) in [5.74, 6) is -0.192. The SMILES string of the molecule is COc1ccc(NS(=O)(=O)Cc2ccc(F)cc2)cc1N. The van der Waals surface area contributed by atoms with Gasteiger partial charge in [-0.15, -0.1) is 0 Å². The second kappa shape index (κ2) is 6.01. The molecule has 2 aromatic carbocycles. The predicted molar refractivity (Wildman–Crippen MR) is 80.1 cm³/mol. The summed E-state index contributed by atoms with van der Waals surface area (Å²) in [6.45, 7) is 0. The molecule has 0 unspecified atom stereocenters. The van der Waals surface area contributed by atoms with Gasteiger partial charge in [0.1, 0.15) is 11.6 Å². The number of sulfonamides is 1. The molecule has 0 atom stereocenters. The highest BCUT2D eigenvalue weighted by atomic mass is 32.2. The molecule has 7 heteroatoms. The zero-order chi connectivity index (χ0) is 15.5. The maximum Gasteiger partial charge on any atom is 0.236 e. The number of nitrogens with two attached hydrogens (primary N) is 1. The molecule has 0 saturated heterocycles. The Morgan fingerprint density at radius 3 is 2.43 bits per heavy atom. The molecular formula is C14H15FN2O3S. The van der Waals surface area contributed by atoms with Gasteiger partial charge in [0.2, 0.25) is 10.0 Å². The van der Waals surface area contributed by atoms with Crippen LogP contribution in [0, 0.1) is 5.82 Å². The third kappa shape index (κ3) is 4.09. The Balaban J connectivity index is 2.13. The monoisotopic (exact) mass is 310 g/mol. The number of anilines is 2. The van der Waals surface area contributed by atoms with E-state index in [-0.39, 0.29) is 5.75 Å². The van der Waals surface area contributed by atoms with Gasteiger partial charge in [-0.3, -0.25) is 4.72 Å². The molecule has 0 bridgehead atoms. The first-order chi connectivity index (χ1) is 9.89. The van der Waals surface area contributed by atoms with Gasteiger partial charge in [-0.1, -0.05) is 12.1 Å². The summed E-state index contributed by atoms with van der Waals surface area (Å²) in [4.78, 5) is 0. The maximum absolute atomic E-state index is 12.8. The fourth-order valence-electron chi connectivity index (χ4n) is 1.81. The van der Waals surface area contributed by atoms with Crippen LogP contribution in [0.5, 0.6) is 5.75 Å². The van der Waals surface area contributed by atoms with E-state index in [2.05, 4.69) is 4.72 Å². The molecule has 0 heterocycles. The van der Waals surface area contributed by atoms with Gasteiger partial charge in [-0.2, -0.15) is 0 Å². The Morgan fingerprint density at radius 2 is 1.86 bits per heavy atom. The molecule has 0 aliphatic rings. The summed E-state index contributed by atoms with van der Waals surface area (Å²) in [7, 11) is -2.13. The zero-order valence-electron chi connectivity index (χ0n) is 11.3. The number of hydrogen-bond donors (Lipinski definition) is 2. The lowest BCUT2D eigenvalue weighted by molar-refractivity contribution is 0.417. The van der Waals surface area contributed by atoms with Gasteiger partial charge in [0.05, 0.1) is 24.2 Å². The van der Waals surface area contributed by atoms with E-state index in [0.717, 1.165) is 0 Å². The van der Waals surface area contributed by atoms with E-state index >= 15 is 0 Å². The maximum atomic E-state index is 12.8. The quantitative estimate of drug-likeness (QED) is 0.831. The summed E-state index contributed by atoms with van der Waals surface area (Å²) in [5, 5.41) is 0. The third-order valence-electron chi connectivity index (χ3n) is 2.77. The fraction of sp³-hybridized carbons (Fsp3) is 0.143. The van der Waals surface area contributed by atoms with Crippen LogP contribution in [0.25, 0.3) is 0 Å². The lowest BCUT2D eigenvalue weighted by Crippen LogP contribution is -2.15. The minimum atomic E-state index is -3.61. The van der Waals surface area contributed by atoms with Gasteiger partial charge >= 0.3 is 0 Å². The van der Waals surface area contributed by atoms with Crippen LogP contribution < -0.4 is 15.2 Å². The Hall–Kier alpha value is -2.28. The molecular weight excluding hydrogens is 295 g/mol. The summed E-state index contributed by atoms with van der Waals surface area (Å²) < 4.78 is 44.3. The second-order valence-electron chi connectivity index (χ2n) is 4.44. The summed E-state index contributed by atoms with van der Waals surface area (Å²) >= 11 is 0. The standard InChI is InChI=1S/C14H15FN2O3S/c1-20-14-7-6-12(8-13(14)16)17-21(18,19)9-10-2-4-11(15)5-3-10/h2-8,17H,9,16H2,1H3. The van der Waals surface area contributed by atoms with Gasteiger partial charge in [-0.25, -0.2) is 12.8 Å². The summed E-state index contributed by atoms with van der Waals surface area (Å²) in [6, 6.07) is 9.89. The average Bonchev–Trinajstić information content (AvgIpc) is 2.41. The number of nitrogen functional groups attached to an aromatic ring is 1. The topological polar surface area (TPSA) is 81.4 Å². The van der Waals surface area contributed by atoms with E-state index in [9.17, 15) is 12.8 Å². The van der Waals surface area contributed by atoms with Crippen LogP contribution >= 0.6 is 0 Å². The molecule has 21 heavy (non-hydrogen) atoms. The fourth-order valence-corrected chi connectivity index (χ4v) is 3.00. The molecule has 0 spiro atoms. The largest absolute Gasteiger partial charge is 0.495 e. The van der Waals surface area contributed by atoms with Crippen LogP contribution in [0.2, 0.25) is 0 Å². The Kier molecular flexibility index (Phi) is 4.32. The molecule has 112 valence electrons. The lowest BCUT2D eigenvalue weighted by Gasteiger charge is -2.10. The van der Waals surface area contributed by atoms with Crippen molar-refractivity contribution in [1.29, 1.82) is 0 Å². The van der Waals surface area contributed by atoms with Crippen molar-refractivity contribution in [2.75, 3.05) is 17.6 Å². The van der Waals surface area contributed by atoms with Crippen molar-refractivity contribution in [2.24, 2.45) is 0 Å². The highest BCUT2D eigenvalue weighted by molar-refractivity contribution is 7.91. The lowest BCUT2D eigenvalue weighted by atomic mass is 10.2. The summed E-state index contributed by atoms with van der Waals surface area (Å²) in [5.41, 5.74) is 6.89. The first-order valence-corrected chi connectivity index (χ1v) is 7.73. The zero-order valence-corrected chi connectivity index (χ0v) is 12.2. The minimum Gasteiger partial charge on any atom is -0.495 e. The highest BCUT2D eigenvalue weighted by Crippen LogP contribution is 2.25. The normalized spacial score (nSPS) is 11.1. The first kappa shape index (κ1) is 15.1. The summed E-state index contributed by atoms with van der Waals surface area (Å²) in [6.07, 6.45) is 0. The number of ether oxygens (including phenoxy) is 1. The molecule has 0 aromatic heterocycles. The van der Waals surface area contributed by atoms with Crippen molar-refractivity contribution >= 4 is 21.4 Å². The van der Waals surface area contributed by atoms with Crippen LogP contribution in [-0.2, 0) is 15.8 Å². The number of nitrogens with one attached hydrogen (secondary N) is 1. The number of halogens is 1. The number of hydrogen-bond acceptors (Lipinski definition) is 4. The number of methoxy groups -OCH3 is 1. The van der Waals surface area contributed by atoms with E-state index in [0.29, 0.717) is 22.7 Å². The first-order valence-electron chi connectivity index (χ1n) is 6.08. The van der Waals surface area contributed by atoms with Crippen molar-refractivity contribution in [3.05, 3.63) is 53.8 Å². The highest BCUT2D eigenvalue weighted by Gasteiger charge is 2.12. The van der Waals surface area contributed by atoms with E-state index in [1.807, 2.05) is 0 Å².